The van der Waals surface area contributed by atoms with Gasteiger partial charge in [0.1, 0.15) is 0 Å². The maximum Gasteiger partial charge on any atom is 0.156 e. The van der Waals surface area contributed by atoms with E-state index in [4.69, 9.17) is 4.98 Å². The first-order chi connectivity index (χ1) is 25.2. The third kappa shape index (κ3) is 3.94. The van der Waals surface area contributed by atoms with Gasteiger partial charge in [-0.25, -0.2) is 4.98 Å². The Morgan fingerprint density at radius 3 is 1.94 bits per heavy atom. The number of thiophene rings is 2. The Balaban J connectivity index is 1.14. The van der Waals surface area contributed by atoms with Gasteiger partial charge in [-0.3, -0.25) is 4.40 Å². The van der Waals surface area contributed by atoms with Gasteiger partial charge >= 0.3 is 0 Å². The summed E-state index contributed by atoms with van der Waals surface area (Å²) in [5, 5.41) is 12.7. The quantitative estimate of drug-likeness (QED) is 0.166. The summed E-state index contributed by atoms with van der Waals surface area (Å²) in [6.07, 6.45) is 0. The van der Waals surface area contributed by atoms with Crippen LogP contribution in [0.4, 0.5) is 0 Å². The molecule has 0 aliphatic carbocycles. The van der Waals surface area contributed by atoms with Crippen molar-refractivity contribution in [2.45, 2.75) is 0 Å². The van der Waals surface area contributed by atoms with Crippen molar-refractivity contribution in [3.63, 3.8) is 0 Å². The van der Waals surface area contributed by atoms with E-state index in [1.54, 1.807) is 0 Å². The first-order valence-electron chi connectivity index (χ1n) is 17.3. The zero-order chi connectivity index (χ0) is 33.2. The molecule has 0 saturated carbocycles. The van der Waals surface area contributed by atoms with E-state index in [1.165, 1.54) is 89.4 Å². The minimum absolute atomic E-state index is 1.02. The average Bonchev–Trinajstić information content (AvgIpc) is 3.87. The maximum absolute atomic E-state index is 5.43. The van der Waals surface area contributed by atoms with Gasteiger partial charge in [-0.15, -0.1) is 22.7 Å². The number of pyridine rings is 1. The third-order valence-electron chi connectivity index (χ3n) is 10.7. The molecule has 0 fully saturated rings. The zero-order valence-electron chi connectivity index (χ0n) is 27.2. The number of imidazole rings is 1. The lowest BCUT2D eigenvalue weighted by Crippen LogP contribution is -1.93. The smallest absolute Gasteiger partial charge is 0.156 e. The SMILES string of the molecule is c1ccc2cc3cc4c(cc3cc2c1)nc1c2sc3c5ccccc5ccc3c2cc(-c2ccc(-c3cccc5c3sc3ccccc35)cc2)n41. The van der Waals surface area contributed by atoms with Crippen LogP contribution in [-0.2, 0) is 0 Å². The molecule has 4 aromatic heterocycles. The van der Waals surface area contributed by atoms with Crippen LogP contribution in [0.1, 0.15) is 0 Å². The average molecular weight is 683 g/mol. The molecule has 2 nitrogen and oxygen atoms in total. The van der Waals surface area contributed by atoms with E-state index in [0.717, 1.165) is 22.4 Å². The standard InChI is InChI=1S/C47H26N2S2/c1-2-10-31-23-33-25-42-40(24-32(33)22-30(31)9-1)48-47-46-39(38-21-20-27-8-3-4-11-34(27)45(38)51-46)26-41(49(42)47)29-18-16-28(17-19-29)35-13-7-14-37-36-12-5-6-15-43(36)50-44(35)37/h1-26H. The largest absolute Gasteiger partial charge is 0.291 e. The lowest BCUT2D eigenvalue weighted by atomic mass is 9.99. The van der Waals surface area contributed by atoms with Crippen LogP contribution in [0.2, 0.25) is 0 Å². The van der Waals surface area contributed by atoms with Gasteiger partial charge in [0.15, 0.2) is 5.65 Å². The van der Waals surface area contributed by atoms with Crippen molar-refractivity contribution in [2.24, 2.45) is 0 Å². The number of aromatic nitrogens is 2. The molecule has 0 spiro atoms. The molecule has 12 rings (SSSR count). The Morgan fingerprint density at radius 2 is 1.10 bits per heavy atom. The summed E-state index contributed by atoms with van der Waals surface area (Å²) in [6.45, 7) is 0. The Morgan fingerprint density at radius 1 is 0.412 bits per heavy atom. The predicted octanol–water partition coefficient (Wildman–Crippen LogP) is 14.0. The third-order valence-corrected chi connectivity index (χ3v) is 13.2. The van der Waals surface area contributed by atoms with Gasteiger partial charge in [-0.1, -0.05) is 121 Å². The van der Waals surface area contributed by atoms with E-state index < -0.39 is 0 Å². The van der Waals surface area contributed by atoms with Gasteiger partial charge in [0.05, 0.1) is 21.4 Å². The minimum Gasteiger partial charge on any atom is -0.291 e. The molecule has 0 aliphatic rings. The fraction of sp³-hybridized carbons (Fsp3) is 0. The van der Waals surface area contributed by atoms with E-state index >= 15 is 0 Å². The summed E-state index contributed by atoms with van der Waals surface area (Å²) in [6, 6.07) is 58.2. The molecule has 8 aromatic carbocycles. The van der Waals surface area contributed by atoms with Crippen LogP contribution in [-0.4, -0.2) is 9.38 Å². The van der Waals surface area contributed by atoms with Crippen LogP contribution in [0.15, 0.2) is 158 Å². The summed E-state index contributed by atoms with van der Waals surface area (Å²) < 4.78 is 7.62. The van der Waals surface area contributed by atoms with Crippen molar-refractivity contribution >= 4 is 112 Å². The lowest BCUT2D eigenvalue weighted by Gasteiger charge is -2.11. The van der Waals surface area contributed by atoms with E-state index in [-0.39, 0.29) is 0 Å². The second-order valence-corrected chi connectivity index (χ2v) is 15.6. The number of fused-ring (bicyclic) bond motifs is 14. The van der Waals surface area contributed by atoms with Gasteiger partial charge in [0, 0.05) is 35.6 Å². The van der Waals surface area contributed by atoms with E-state index in [1.807, 2.05) is 22.7 Å². The van der Waals surface area contributed by atoms with Crippen molar-refractivity contribution in [3.05, 3.63) is 158 Å². The number of rotatable bonds is 2. The molecule has 0 unspecified atom stereocenters. The van der Waals surface area contributed by atoms with Crippen molar-refractivity contribution in [1.29, 1.82) is 0 Å². The highest BCUT2D eigenvalue weighted by molar-refractivity contribution is 7.27. The number of nitrogens with zero attached hydrogens (tertiary/aromatic N) is 2. The van der Waals surface area contributed by atoms with Crippen molar-refractivity contribution < 1.29 is 0 Å². The van der Waals surface area contributed by atoms with E-state index in [9.17, 15) is 0 Å². The van der Waals surface area contributed by atoms with Gasteiger partial charge < -0.3 is 0 Å². The Labute approximate surface area is 300 Å². The molecule has 4 heteroatoms. The molecule has 0 bridgehead atoms. The van der Waals surface area contributed by atoms with Gasteiger partial charge in [-0.05, 0) is 85.4 Å². The van der Waals surface area contributed by atoms with Crippen molar-refractivity contribution in [2.75, 3.05) is 0 Å². The summed E-state index contributed by atoms with van der Waals surface area (Å²) in [4.78, 5) is 5.43. The molecule has 0 N–H and O–H groups in total. The fourth-order valence-corrected chi connectivity index (χ4v) is 10.8. The van der Waals surface area contributed by atoms with Crippen LogP contribution >= 0.6 is 22.7 Å². The first kappa shape index (κ1) is 27.7. The highest BCUT2D eigenvalue weighted by Gasteiger charge is 2.20. The van der Waals surface area contributed by atoms with Crippen LogP contribution < -0.4 is 0 Å². The fourth-order valence-electron chi connectivity index (χ4n) is 8.27. The van der Waals surface area contributed by atoms with Crippen LogP contribution in [0.3, 0.4) is 0 Å². The summed E-state index contributed by atoms with van der Waals surface area (Å²) in [5.74, 6) is 0. The van der Waals surface area contributed by atoms with Gasteiger partial charge in [-0.2, -0.15) is 0 Å². The molecule has 4 heterocycles. The molecular weight excluding hydrogens is 657 g/mol. The molecule has 51 heavy (non-hydrogen) atoms. The van der Waals surface area contributed by atoms with E-state index in [2.05, 4.69) is 162 Å². The molecule has 0 aliphatic heterocycles. The van der Waals surface area contributed by atoms with Crippen LogP contribution in [0, 0.1) is 0 Å². The molecular formula is C47H26N2S2. The van der Waals surface area contributed by atoms with Gasteiger partial charge in [0.2, 0.25) is 0 Å². The predicted molar refractivity (Wildman–Crippen MR) is 222 cm³/mol. The molecule has 0 amide bonds. The second kappa shape index (κ2) is 10.2. The maximum atomic E-state index is 5.43. The molecule has 0 radical (unpaired) electrons. The Hall–Kier alpha value is -6.07. The number of hydrogen-bond acceptors (Lipinski definition) is 3. The Kier molecular flexibility index (Phi) is 5.56. The lowest BCUT2D eigenvalue weighted by molar-refractivity contribution is 1.25. The molecule has 12 aromatic rings. The summed E-state index contributed by atoms with van der Waals surface area (Å²) >= 11 is 3.75. The van der Waals surface area contributed by atoms with Crippen LogP contribution in [0.25, 0.3) is 112 Å². The molecule has 0 saturated heterocycles. The highest BCUT2D eigenvalue weighted by atomic mass is 32.1. The van der Waals surface area contributed by atoms with E-state index in [0.29, 0.717) is 0 Å². The Bertz CT molecular complexity index is 3420. The van der Waals surface area contributed by atoms with Crippen molar-refractivity contribution in [3.8, 4) is 22.4 Å². The second-order valence-electron chi connectivity index (χ2n) is 13.6. The summed E-state index contributed by atoms with van der Waals surface area (Å²) in [7, 11) is 0. The van der Waals surface area contributed by atoms with Gasteiger partial charge in [0.25, 0.3) is 0 Å². The summed E-state index contributed by atoms with van der Waals surface area (Å²) in [5.41, 5.74) is 8.00. The molecule has 0 atom stereocenters. The normalized spacial score (nSPS) is 12.3. The molecule has 236 valence electrons. The number of hydrogen-bond donors (Lipinski definition) is 0. The zero-order valence-corrected chi connectivity index (χ0v) is 28.9. The first-order valence-corrected chi connectivity index (χ1v) is 18.9. The van der Waals surface area contributed by atoms with Crippen molar-refractivity contribution in [1.82, 2.24) is 9.38 Å². The highest BCUT2D eigenvalue weighted by Crippen LogP contribution is 2.44. The van der Waals surface area contributed by atoms with Crippen LogP contribution in [0.5, 0.6) is 0 Å². The topological polar surface area (TPSA) is 17.3 Å². The monoisotopic (exact) mass is 682 g/mol. The minimum atomic E-state index is 1.02. The number of benzene rings is 8.